The third-order valence-corrected chi connectivity index (χ3v) is 2.25. The van der Waals surface area contributed by atoms with E-state index in [-0.39, 0.29) is 5.92 Å². The van der Waals surface area contributed by atoms with Gasteiger partial charge in [-0.15, -0.1) is 0 Å². The Morgan fingerprint density at radius 3 is 2.93 bits per heavy atom. The molecule has 1 heterocycles. The molecule has 0 radical (unpaired) electrons. The first-order valence-corrected chi connectivity index (χ1v) is 4.97. The molecule has 0 saturated heterocycles. The summed E-state index contributed by atoms with van der Waals surface area (Å²) in [6.07, 6.45) is 0. The number of oxazole rings is 1. The minimum atomic E-state index is 0.289. The summed E-state index contributed by atoms with van der Waals surface area (Å²) in [4.78, 5) is 4.38. The highest BCUT2D eigenvalue weighted by molar-refractivity contribution is 5.73. The second kappa shape index (κ2) is 4.00. The third kappa shape index (κ3) is 2.00. The maximum Gasteiger partial charge on any atom is 0.198 e. The highest BCUT2D eigenvalue weighted by Gasteiger charge is 2.09. The zero-order valence-corrected chi connectivity index (χ0v) is 8.82. The highest BCUT2D eigenvalue weighted by atomic mass is 16.5. The van der Waals surface area contributed by atoms with Crippen molar-refractivity contribution in [1.82, 2.24) is 10.5 Å². The van der Waals surface area contributed by atoms with E-state index in [0.29, 0.717) is 6.54 Å². The minimum Gasteiger partial charge on any atom is -0.440 e. The monoisotopic (exact) mass is 206 g/mol. The fourth-order valence-electron chi connectivity index (χ4n) is 1.44. The van der Waals surface area contributed by atoms with Gasteiger partial charge >= 0.3 is 0 Å². The first kappa shape index (κ1) is 10.1. The molecular formula is C11H14N2O2. The fourth-order valence-corrected chi connectivity index (χ4v) is 1.44. The van der Waals surface area contributed by atoms with Gasteiger partial charge < -0.3 is 9.62 Å². The summed E-state index contributed by atoms with van der Waals surface area (Å²) in [6.45, 7) is 4.50. The lowest BCUT2D eigenvalue weighted by atomic mass is 10.2. The van der Waals surface area contributed by atoms with Crippen LogP contribution in [0.2, 0.25) is 0 Å². The van der Waals surface area contributed by atoms with Crippen molar-refractivity contribution in [1.29, 1.82) is 0 Å². The van der Waals surface area contributed by atoms with Crippen molar-refractivity contribution in [3.05, 3.63) is 29.7 Å². The van der Waals surface area contributed by atoms with Crippen LogP contribution in [0.1, 0.15) is 31.2 Å². The molecule has 1 aromatic heterocycles. The Hall–Kier alpha value is -1.39. The maximum atomic E-state index is 8.59. The lowest BCUT2D eigenvalue weighted by Gasteiger charge is -1.96. The first-order valence-electron chi connectivity index (χ1n) is 4.97. The molecule has 0 unspecified atom stereocenters. The SMILES string of the molecule is CC(C)c1nc2cc(CNO)ccc2o1. The van der Waals surface area contributed by atoms with E-state index in [2.05, 4.69) is 10.5 Å². The van der Waals surface area contributed by atoms with E-state index < -0.39 is 0 Å². The summed E-state index contributed by atoms with van der Waals surface area (Å²) in [5.74, 6) is 1.04. The molecule has 0 aliphatic rings. The van der Waals surface area contributed by atoms with E-state index in [4.69, 9.17) is 9.62 Å². The summed E-state index contributed by atoms with van der Waals surface area (Å²) >= 11 is 0. The van der Waals surface area contributed by atoms with Crippen LogP contribution in [-0.4, -0.2) is 10.2 Å². The van der Waals surface area contributed by atoms with Gasteiger partial charge in [-0.1, -0.05) is 19.9 Å². The van der Waals surface area contributed by atoms with E-state index >= 15 is 0 Å². The van der Waals surface area contributed by atoms with Crippen LogP contribution in [0.25, 0.3) is 11.1 Å². The zero-order valence-electron chi connectivity index (χ0n) is 8.82. The molecule has 2 rings (SSSR count). The van der Waals surface area contributed by atoms with E-state index in [9.17, 15) is 0 Å². The molecule has 80 valence electrons. The molecule has 0 bridgehead atoms. The van der Waals surface area contributed by atoms with Gasteiger partial charge in [0.05, 0.1) is 0 Å². The van der Waals surface area contributed by atoms with Gasteiger partial charge in [0.1, 0.15) is 5.52 Å². The van der Waals surface area contributed by atoms with Crippen LogP contribution >= 0.6 is 0 Å². The van der Waals surface area contributed by atoms with Crippen LogP contribution in [0.4, 0.5) is 0 Å². The molecule has 2 aromatic rings. The number of fused-ring (bicyclic) bond motifs is 1. The van der Waals surface area contributed by atoms with Crippen molar-refractivity contribution in [3.63, 3.8) is 0 Å². The minimum absolute atomic E-state index is 0.289. The Balaban J connectivity index is 2.43. The van der Waals surface area contributed by atoms with Gasteiger partial charge in [-0.25, -0.2) is 10.5 Å². The Morgan fingerprint density at radius 2 is 2.27 bits per heavy atom. The molecule has 4 nitrogen and oxygen atoms in total. The van der Waals surface area contributed by atoms with Crippen molar-refractivity contribution in [2.45, 2.75) is 26.3 Å². The van der Waals surface area contributed by atoms with E-state index in [0.717, 1.165) is 22.6 Å². The average molecular weight is 206 g/mol. The molecule has 0 aliphatic carbocycles. The van der Waals surface area contributed by atoms with Crippen LogP contribution in [0.3, 0.4) is 0 Å². The van der Waals surface area contributed by atoms with E-state index in [1.54, 1.807) is 0 Å². The van der Waals surface area contributed by atoms with Crippen molar-refractivity contribution in [2.75, 3.05) is 0 Å². The van der Waals surface area contributed by atoms with E-state index in [1.165, 1.54) is 0 Å². The quantitative estimate of drug-likeness (QED) is 0.757. The van der Waals surface area contributed by atoms with Crippen molar-refractivity contribution >= 4 is 11.1 Å². The predicted octanol–water partition coefficient (Wildman–Crippen LogP) is 2.43. The van der Waals surface area contributed by atoms with Gasteiger partial charge in [-0.3, -0.25) is 0 Å². The molecule has 1 aromatic carbocycles. The Bertz CT molecular complexity index is 463. The molecule has 4 heteroatoms. The van der Waals surface area contributed by atoms with Gasteiger partial charge in [0, 0.05) is 12.5 Å². The van der Waals surface area contributed by atoms with Crippen LogP contribution < -0.4 is 5.48 Å². The molecular weight excluding hydrogens is 192 g/mol. The summed E-state index contributed by atoms with van der Waals surface area (Å²) in [7, 11) is 0. The molecule has 0 atom stereocenters. The van der Waals surface area contributed by atoms with E-state index in [1.807, 2.05) is 32.0 Å². The Labute approximate surface area is 87.9 Å². The number of aromatic nitrogens is 1. The average Bonchev–Trinajstić information content (AvgIpc) is 2.61. The van der Waals surface area contributed by atoms with Crippen LogP contribution in [0.5, 0.6) is 0 Å². The molecule has 0 saturated carbocycles. The molecule has 0 spiro atoms. The fraction of sp³-hybridized carbons (Fsp3) is 0.364. The van der Waals surface area contributed by atoms with Crippen molar-refractivity contribution < 1.29 is 9.62 Å². The third-order valence-electron chi connectivity index (χ3n) is 2.25. The number of hydroxylamine groups is 1. The van der Waals surface area contributed by atoms with Gasteiger partial charge in [-0.05, 0) is 17.7 Å². The van der Waals surface area contributed by atoms with Crippen molar-refractivity contribution in [2.24, 2.45) is 0 Å². The number of rotatable bonds is 3. The van der Waals surface area contributed by atoms with Gasteiger partial charge in [0.2, 0.25) is 0 Å². The van der Waals surface area contributed by atoms with Crippen molar-refractivity contribution in [3.8, 4) is 0 Å². The zero-order chi connectivity index (χ0) is 10.8. The van der Waals surface area contributed by atoms with Gasteiger partial charge in [-0.2, -0.15) is 0 Å². The van der Waals surface area contributed by atoms with Crippen LogP contribution in [0, 0.1) is 0 Å². The highest BCUT2D eigenvalue weighted by Crippen LogP contribution is 2.21. The topological polar surface area (TPSA) is 58.3 Å². The number of nitrogens with zero attached hydrogens (tertiary/aromatic N) is 1. The van der Waals surface area contributed by atoms with Crippen LogP contribution in [-0.2, 0) is 6.54 Å². The van der Waals surface area contributed by atoms with Gasteiger partial charge in [0.25, 0.3) is 0 Å². The summed E-state index contributed by atoms with van der Waals surface area (Å²) in [5, 5.41) is 8.59. The lowest BCUT2D eigenvalue weighted by Crippen LogP contribution is -2.05. The van der Waals surface area contributed by atoms with Gasteiger partial charge in [0.15, 0.2) is 11.5 Å². The number of nitrogens with one attached hydrogen (secondary N) is 1. The van der Waals surface area contributed by atoms with Crippen LogP contribution in [0.15, 0.2) is 22.6 Å². The number of hydrogen-bond donors (Lipinski definition) is 2. The molecule has 15 heavy (non-hydrogen) atoms. The Kier molecular flexibility index (Phi) is 2.70. The molecule has 2 N–H and O–H groups in total. The normalized spacial score (nSPS) is 11.5. The first-order chi connectivity index (χ1) is 7.20. The summed E-state index contributed by atoms with van der Waals surface area (Å²) in [5.41, 5.74) is 4.73. The maximum absolute atomic E-state index is 8.59. The second-order valence-corrected chi connectivity index (χ2v) is 3.84. The lowest BCUT2D eigenvalue weighted by molar-refractivity contribution is 0.161. The second-order valence-electron chi connectivity index (χ2n) is 3.84. The number of benzene rings is 1. The predicted molar refractivity (Wildman–Crippen MR) is 56.7 cm³/mol. The standard InChI is InChI=1S/C11H14N2O2/c1-7(2)11-13-9-5-8(6-12-14)3-4-10(9)15-11/h3-5,7,12,14H,6H2,1-2H3. The molecule has 0 aliphatic heterocycles. The molecule has 0 amide bonds. The summed E-state index contributed by atoms with van der Waals surface area (Å²) in [6, 6.07) is 5.69. The smallest absolute Gasteiger partial charge is 0.198 e. The largest absolute Gasteiger partial charge is 0.440 e. The number of hydrogen-bond acceptors (Lipinski definition) is 4. The summed E-state index contributed by atoms with van der Waals surface area (Å²) < 4.78 is 5.57. The Morgan fingerprint density at radius 1 is 1.47 bits per heavy atom. The molecule has 0 fully saturated rings.